The summed E-state index contributed by atoms with van der Waals surface area (Å²) in [6, 6.07) is 6.91. The van der Waals surface area contributed by atoms with Crippen LogP contribution < -0.4 is 14.8 Å². The maximum absolute atomic E-state index is 12.2. The zero-order valence-electron chi connectivity index (χ0n) is 11.9. The molecule has 20 heavy (non-hydrogen) atoms. The summed E-state index contributed by atoms with van der Waals surface area (Å²) in [6.07, 6.45) is 0. The van der Waals surface area contributed by atoms with E-state index in [9.17, 15) is 4.79 Å². The van der Waals surface area contributed by atoms with Gasteiger partial charge in [0.15, 0.2) is 0 Å². The van der Waals surface area contributed by atoms with Crippen LogP contribution in [0.3, 0.4) is 0 Å². The molecular weight excluding hydrogens is 258 g/mol. The molecule has 0 radical (unpaired) electrons. The van der Waals surface area contributed by atoms with Gasteiger partial charge in [0, 0.05) is 6.07 Å². The molecule has 5 nitrogen and oxygen atoms in total. The summed E-state index contributed by atoms with van der Waals surface area (Å²) < 4.78 is 15.7. The number of benzene rings is 1. The highest BCUT2D eigenvalue weighted by atomic mass is 16.5. The second-order valence-corrected chi connectivity index (χ2v) is 4.35. The van der Waals surface area contributed by atoms with E-state index in [1.807, 2.05) is 0 Å². The molecule has 0 fully saturated rings. The Morgan fingerprint density at radius 1 is 1.15 bits per heavy atom. The summed E-state index contributed by atoms with van der Waals surface area (Å²) >= 11 is 0. The largest absolute Gasteiger partial charge is 0.497 e. The minimum atomic E-state index is -0.234. The van der Waals surface area contributed by atoms with Crippen molar-refractivity contribution in [3.63, 3.8) is 0 Å². The number of carbonyl (C=O) groups excluding carboxylic acids is 1. The van der Waals surface area contributed by atoms with Crippen molar-refractivity contribution < 1.29 is 18.7 Å². The van der Waals surface area contributed by atoms with Crippen molar-refractivity contribution in [2.24, 2.45) is 0 Å². The predicted molar refractivity (Wildman–Crippen MR) is 75.7 cm³/mol. The van der Waals surface area contributed by atoms with Crippen molar-refractivity contribution in [2.45, 2.75) is 13.8 Å². The van der Waals surface area contributed by atoms with Crippen LogP contribution in [0.4, 0.5) is 5.69 Å². The topological polar surface area (TPSA) is 60.7 Å². The fourth-order valence-corrected chi connectivity index (χ4v) is 1.95. The molecule has 106 valence electrons. The molecule has 0 saturated carbocycles. The average Bonchev–Trinajstić information content (AvgIpc) is 2.78. The highest BCUT2D eigenvalue weighted by Crippen LogP contribution is 2.29. The van der Waals surface area contributed by atoms with Crippen LogP contribution in [0.1, 0.15) is 21.9 Å². The van der Waals surface area contributed by atoms with Gasteiger partial charge >= 0.3 is 0 Å². The number of nitrogens with one attached hydrogen (secondary N) is 1. The zero-order chi connectivity index (χ0) is 14.7. The molecule has 0 aliphatic rings. The molecule has 5 heteroatoms. The molecule has 2 rings (SSSR count). The van der Waals surface area contributed by atoms with Crippen molar-refractivity contribution in [3.05, 3.63) is 41.3 Å². The third-order valence-electron chi connectivity index (χ3n) is 2.94. The minimum Gasteiger partial charge on any atom is -0.497 e. The van der Waals surface area contributed by atoms with Crippen LogP contribution in [0, 0.1) is 13.8 Å². The monoisotopic (exact) mass is 275 g/mol. The van der Waals surface area contributed by atoms with Crippen molar-refractivity contribution >= 4 is 11.6 Å². The molecule has 0 atom stereocenters. The van der Waals surface area contributed by atoms with Gasteiger partial charge in [-0.3, -0.25) is 4.79 Å². The second-order valence-electron chi connectivity index (χ2n) is 4.35. The molecule has 0 unspecified atom stereocenters. The van der Waals surface area contributed by atoms with E-state index in [0.717, 1.165) is 0 Å². The summed E-state index contributed by atoms with van der Waals surface area (Å²) in [6.45, 7) is 3.56. The fraction of sp³-hybridized carbons (Fsp3) is 0.267. The number of anilines is 1. The van der Waals surface area contributed by atoms with Gasteiger partial charge in [0.25, 0.3) is 5.91 Å². The number of ether oxygens (including phenoxy) is 2. The molecule has 2 aromatic rings. The molecule has 1 N–H and O–H groups in total. The van der Waals surface area contributed by atoms with E-state index in [4.69, 9.17) is 13.9 Å². The smallest absolute Gasteiger partial charge is 0.259 e. The fourth-order valence-electron chi connectivity index (χ4n) is 1.95. The van der Waals surface area contributed by atoms with Crippen LogP contribution >= 0.6 is 0 Å². The maximum atomic E-state index is 12.2. The Balaban J connectivity index is 2.25. The van der Waals surface area contributed by atoms with Crippen molar-refractivity contribution in [2.75, 3.05) is 19.5 Å². The summed E-state index contributed by atoms with van der Waals surface area (Å²) in [5, 5.41) is 2.80. The Morgan fingerprint density at radius 3 is 2.45 bits per heavy atom. The first-order valence-corrected chi connectivity index (χ1v) is 6.15. The lowest BCUT2D eigenvalue weighted by Gasteiger charge is -2.11. The number of methoxy groups -OCH3 is 2. The Bertz CT molecular complexity index is 631. The molecule has 0 aliphatic heterocycles. The van der Waals surface area contributed by atoms with E-state index < -0.39 is 0 Å². The van der Waals surface area contributed by atoms with Crippen LogP contribution in [0.15, 0.2) is 28.7 Å². The lowest BCUT2D eigenvalue weighted by Crippen LogP contribution is -2.12. The van der Waals surface area contributed by atoms with Crippen LogP contribution in [-0.4, -0.2) is 20.1 Å². The van der Waals surface area contributed by atoms with Gasteiger partial charge in [-0.2, -0.15) is 0 Å². The lowest BCUT2D eigenvalue weighted by atomic mass is 10.2. The first-order valence-electron chi connectivity index (χ1n) is 6.15. The zero-order valence-corrected chi connectivity index (χ0v) is 11.9. The Morgan fingerprint density at radius 2 is 1.90 bits per heavy atom. The van der Waals surface area contributed by atoms with E-state index in [2.05, 4.69) is 5.32 Å². The number of rotatable bonds is 4. The van der Waals surface area contributed by atoms with Crippen LogP contribution in [0.2, 0.25) is 0 Å². The van der Waals surface area contributed by atoms with Gasteiger partial charge in [-0.15, -0.1) is 0 Å². The first-order chi connectivity index (χ1) is 9.55. The van der Waals surface area contributed by atoms with Gasteiger partial charge in [0.2, 0.25) is 0 Å². The molecule has 0 bridgehead atoms. The second kappa shape index (κ2) is 5.69. The van der Waals surface area contributed by atoms with Gasteiger partial charge in [0.1, 0.15) is 23.0 Å². The van der Waals surface area contributed by atoms with Gasteiger partial charge in [-0.05, 0) is 32.0 Å². The van der Waals surface area contributed by atoms with Gasteiger partial charge in [0.05, 0.1) is 25.5 Å². The Kier molecular flexibility index (Phi) is 3.98. The Hall–Kier alpha value is -2.43. The standard InChI is InChI=1S/C15H17NO4/c1-9-7-12(10(2)20-9)15(17)16-13-6-5-11(18-3)8-14(13)19-4/h5-8H,1-4H3,(H,16,17). The van der Waals surface area contributed by atoms with Gasteiger partial charge in [-0.25, -0.2) is 0 Å². The van der Waals surface area contributed by atoms with Crippen molar-refractivity contribution in [1.82, 2.24) is 0 Å². The van der Waals surface area contributed by atoms with Gasteiger partial charge in [-0.1, -0.05) is 0 Å². The number of amides is 1. The molecule has 0 aliphatic carbocycles. The van der Waals surface area contributed by atoms with E-state index >= 15 is 0 Å². The molecule has 1 aromatic carbocycles. The third kappa shape index (κ3) is 2.77. The number of carbonyl (C=O) groups is 1. The van der Waals surface area contributed by atoms with E-state index in [1.54, 1.807) is 45.2 Å². The molecule has 1 aromatic heterocycles. The predicted octanol–water partition coefficient (Wildman–Crippen LogP) is 3.17. The van der Waals surface area contributed by atoms with E-state index in [0.29, 0.717) is 34.3 Å². The van der Waals surface area contributed by atoms with Crippen molar-refractivity contribution in [1.29, 1.82) is 0 Å². The summed E-state index contributed by atoms with van der Waals surface area (Å²) in [4.78, 5) is 12.2. The van der Waals surface area contributed by atoms with Crippen LogP contribution in [-0.2, 0) is 0 Å². The molecule has 1 heterocycles. The molecule has 0 spiro atoms. The lowest BCUT2D eigenvalue weighted by molar-refractivity contribution is 0.102. The van der Waals surface area contributed by atoms with E-state index in [1.165, 1.54) is 7.11 Å². The third-order valence-corrected chi connectivity index (χ3v) is 2.94. The summed E-state index contributed by atoms with van der Waals surface area (Å²) in [7, 11) is 3.11. The summed E-state index contributed by atoms with van der Waals surface area (Å²) in [5.74, 6) is 2.26. The minimum absolute atomic E-state index is 0.234. The van der Waals surface area contributed by atoms with Crippen LogP contribution in [0.25, 0.3) is 0 Å². The van der Waals surface area contributed by atoms with Crippen LogP contribution in [0.5, 0.6) is 11.5 Å². The van der Waals surface area contributed by atoms with Crippen molar-refractivity contribution in [3.8, 4) is 11.5 Å². The highest BCUT2D eigenvalue weighted by molar-refractivity contribution is 6.05. The first kappa shape index (κ1) is 14.0. The number of furan rings is 1. The number of hydrogen-bond donors (Lipinski definition) is 1. The quantitative estimate of drug-likeness (QED) is 0.931. The maximum Gasteiger partial charge on any atom is 0.259 e. The normalized spacial score (nSPS) is 10.2. The molecule has 0 saturated heterocycles. The van der Waals surface area contributed by atoms with E-state index in [-0.39, 0.29) is 5.91 Å². The Labute approximate surface area is 117 Å². The summed E-state index contributed by atoms with van der Waals surface area (Å²) in [5.41, 5.74) is 1.09. The average molecular weight is 275 g/mol. The number of hydrogen-bond acceptors (Lipinski definition) is 4. The molecule has 1 amide bonds. The highest BCUT2D eigenvalue weighted by Gasteiger charge is 2.15. The van der Waals surface area contributed by atoms with Gasteiger partial charge < -0.3 is 19.2 Å². The SMILES string of the molecule is COc1ccc(NC(=O)c2cc(C)oc2C)c(OC)c1. The number of aryl methyl sites for hydroxylation is 2. The molecular formula is C15H17NO4.